The summed E-state index contributed by atoms with van der Waals surface area (Å²) in [6.45, 7) is 2.02. The van der Waals surface area contributed by atoms with Gasteiger partial charge in [0.15, 0.2) is 0 Å². The number of benzene rings is 2. The fourth-order valence-corrected chi connectivity index (χ4v) is 1.78. The first-order valence-corrected chi connectivity index (χ1v) is 5.77. The number of rotatable bonds is 3. The molecule has 0 aliphatic heterocycles. The maximum Gasteiger partial charge on any atom is 0.123 e. The van der Waals surface area contributed by atoms with Gasteiger partial charge in [0.2, 0.25) is 0 Å². The summed E-state index contributed by atoms with van der Waals surface area (Å²) < 4.78 is 18.8. The fraction of sp³-hybridized carbons (Fsp3) is 0.133. The predicted octanol–water partition coefficient (Wildman–Crippen LogP) is 3.17. The number of ether oxygens (including phenoxy) is 1. The SMILES string of the molecule is Cc1cc(N)ccc1OCc1cc(F)ccc1C#N. The molecule has 2 aromatic carbocycles. The third-order valence-corrected chi connectivity index (χ3v) is 2.77. The first kappa shape index (κ1) is 12.9. The Bertz CT molecular complexity index is 647. The number of nitrogen functional groups attached to an aromatic ring is 1. The van der Waals surface area contributed by atoms with Gasteiger partial charge >= 0.3 is 0 Å². The Morgan fingerprint density at radius 2 is 2.05 bits per heavy atom. The lowest BCUT2D eigenvalue weighted by molar-refractivity contribution is 0.303. The quantitative estimate of drug-likeness (QED) is 0.858. The van der Waals surface area contributed by atoms with Crippen LogP contribution in [0.5, 0.6) is 5.75 Å². The number of hydrogen-bond donors (Lipinski definition) is 1. The van der Waals surface area contributed by atoms with Gasteiger partial charge in [0.25, 0.3) is 0 Å². The molecule has 0 aliphatic carbocycles. The van der Waals surface area contributed by atoms with Crippen molar-refractivity contribution in [3.8, 4) is 11.8 Å². The molecular weight excluding hydrogens is 243 g/mol. The van der Waals surface area contributed by atoms with Crippen molar-refractivity contribution in [1.82, 2.24) is 0 Å². The van der Waals surface area contributed by atoms with Gasteiger partial charge in [-0.25, -0.2) is 4.39 Å². The third-order valence-electron chi connectivity index (χ3n) is 2.77. The van der Waals surface area contributed by atoms with Crippen LogP contribution in [0.25, 0.3) is 0 Å². The van der Waals surface area contributed by atoms with Crippen LogP contribution in [0.1, 0.15) is 16.7 Å². The Hall–Kier alpha value is -2.54. The lowest BCUT2D eigenvalue weighted by atomic mass is 10.1. The van der Waals surface area contributed by atoms with E-state index in [1.807, 2.05) is 13.0 Å². The number of nitrogens with two attached hydrogens (primary N) is 1. The average molecular weight is 256 g/mol. The van der Waals surface area contributed by atoms with Gasteiger partial charge < -0.3 is 10.5 Å². The number of hydrogen-bond acceptors (Lipinski definition) is 3. The van der Waals surface area contributed by atoms with E-state index in [2.05, 4.69) is 0 Å². The lowest BCUT2D eigenvalue weighted by Crippen LogP contribution is -2.00. The Morgan fingerprint density at radius 3 is 2.74 bits per heavy atom. The van der Waals surface area contributed by atoms with E-state index in [1.54, 1.807) is 18.2 Å². The van der Waals surface area contributed by atoms with Crippen molar-refractivity contribution in [2.75, 3.05) is 5.73 Å². The zero-order valence-corrected chi connectivity index (χ0v) is 10.5. The van der Waals surface area contributed by atoms with Gasteiger partial charge in [-0.3, -0.25) is 0 Å². The molecule has 0 heterocycles. The van der Waals surface area contributed by atoms with Gasteiger partial charge in [0.1, 0.15) is 18.2 Å². The Labute approximate surface area is 111 Å². The summed E-state index contributed by atoms with van der Waals surface area (Å²) in [6, 6.07) is 11.3. The van der Waals surface area contributed by atoms with Crippen molar-refractivity contribution in [2.45, 2.75) is 13.5 Å². The first-order chi connectivity index (χ1) is 9.10. The zero-order chi connectivity index (χ0) is 13.8. The van der Waals surface area contributed by atoms with E-state index in [1.165, 1.54) is 18.2 Å². The second kappa shape index (κ2) is 5.40. The van der Waals surface area contributed by atoms with Crippen LogP contribution < -0.4 is 10.5 Å². The summed E-state index contributed by atoms with van der Waals surface area (Å²) in [7, 11) is 0. The van der Waals surface area contributed by atoms with Gasteiger partial charge in [0, 0.05) is 11.3 Å². The minimum atomic E-state index is -0.383. The third kappa shape index (κ3) is 3.02. The van der Waals surface area contributed by atoms with E-state index in [0.717, 1.165) is 5.56 Å². The van der Waals surface area contributed by atoms with Crippen molar-refractivity contribution in [3.05, 3.63) is 58.9 Å². The Balaban J connectivity index is 2.19. The van der Waals surface area contributed by atoms with Crippen molar-refractivity contribution in [2.24, 2.45) is 0 Å². The summed E-state index contributed by atoms with van der Waals surface area (Å²) in [5.41, 5.74) is 8.15. The largest absolute Gasteiger partial charge is 0.489 e. The Kier molecular flexibility index (Phi) is 3.67. The standard InChI is InChI=1S/C15H13FN2O/c1-10-6-14(18)4-5-15(10)19-9-12-7-13(16)3-2-11(12)8-17/h2-7H,9,18H2,1H3. The second-order valence-electron chi connectivity index (χ2n) is 4.23. The molecule has 0 bridgehead atoms. The highest BCUT2D eigenvalue weighted by Crippen LogP contribution is 2.22. The van der Waals surface area contributed by atoms with Crippen LogP contribution >= 0.6 is 0 Å². The van der Waals surface area contributed by atoms with Gasteiger partial charge in [-0.05, 0) is 48.9 Å². The number of nitrogens with zero attached hydrogens (tertiary/aromatic N) is 1. The summed E-state index contributed by atoms with van der Waals surface area (Å²) >= 11 is 0. The van der Waals surface area contributed by atoms with Crippen LogP contribution in [0.15, 0.2) is 36.4 Å². The average Bonchev–Trinajstić information content (AvgIpc) is 2.38. The molecule has 4 heteroatoms. The molecule has 96 valence electrons. The number of anilines is 1. The molecule has 0 fully saturated rings. The summed E-state index contributed by atoms with van der Waals surface area (Å²) in [5.74, 6) is 0.286. The molecule has 2 N–H and O–H groups in total. The normalized spacial score (nSPS) is 9.95. The number of aryl methyl sites for hydroxylation is 1. The number of halogens is 1. The molecule has 0 amide bonds. The smallest absolute Gasteiger partial charge is 0.123 e. The van der Waals surface area contributed by atoms with Gasteiger partial charge in [0.05, 0.1) is 11.6 Å². The van der Waals surface area contributed by atoms with Crippen molar-refractivity contribution in [1.29, 1.82) is 5.26 Å². The van der Waals surface area contributed by atoms with Gasteiger partial charge in [-0.2, -0.15) is 5.26 Å². The maximum atomic E-state index is 13.2. The monoisotopic (exact) mass is 256 g/mol. The van der Waals surface area contributed by atoms with Crippen molar-refractivity contribution >= 4 is 5.69 Å². The van der Waals surface area contributed by atoms with Crippen molar-refractivity contribution < 1.29 is 9.13 Å². The summed E-state index contributed by atoms with van der Waals surface area (Å²) in [6.07, 6.45) is 0. The molecule has 0 aliphatic rings. The van der Waals surface area contributed by atoms with Crippen molar-refractivity contribution in [3.63, 3.8) is 0 Å². The lowest BCUT2D eigenvalue weighted by Gasteiger charge is -2.10. The first-order valence-electron chi connectivity index (χ1n) is 5.77. The van der Waals surface area contributed by atoms with Crippen LogP contribution in [0, 0.1) is 24.1 Å². The van der Waals surface area contributed by atoms with E-state index in [9.17, 15) is 4.39 Å². The zero-order valence-electron chi connectivity index (χ0n) is 10.5. The molecular formula is C15H13FN2O. The van der Waals surface area contributed by atoms with E-state index >= 15 is 0 Å². The fourth-order valence-electron chi connectivity index (χ4n) is 1.78. The molecule has 0 atom stereocenters. The van der Waals surface area contributed by atoms with E-state index < -0.39 is 0 Å². The van der Waals surface area contributed by atoms with Crippen LogP contribution in [0.2, 0.25) is 0 Å². The highest BCUT2D eigenvalue weighted by molar-refractivity contribution is 5.47. The molecule has 0 radical (unpaired) electrons. The molecule has 0 saturated carbocycles. The van der Waals surface area contributed by atoms with Crippen LogP contribution in [0.3, 0.4) is 0 Å². The summed E-state index contributed by atoms with van der Waals surface area (Å²) in [4.78, 5) is 0. The molecule has 3 nitrogen and oxygen atoms in total. The van der Waals surface area contributed by atoms with Gasteiger partial charge in [-0.1, -0.05) is 0 Å². The highest BCUT2D eigenvalue weighted by Gasteiger charge is 2.06. The van der Waals surface area contributed by atoms with Gasteiger partial charge in [-0.15, -0.1) is 0 Å². The topological polar surface area (TPSA) is 59.0 Å². The molecule has 0 saturated heterocycles. The molecule has 2 rings (SSSR count). The molecule has 0 unspecified atom stereocenters. The molecule has 0 aromatic heterocycles. The van der Waals surface area contributed by atoms with Crippen LogP contribution in [0.4, 0.5) is 10.1 Å². The van der Waals surface area contributed by atoms with E-state index in [-0.39, 0.29) is 12.4 Å². The van der Waals surface area contributed by atoms with Crippen LogP contribution in [-0.2, 0) is 6.61 Å². The minimum absolute atomic E-state index is 0.144. The van der Waals surface area contributed by atoms with E-state index in [4.69, 9.17) is 15.7 Å². The number of nitriles is 1. The minimum Gasteiger partial charge on any atom is -0.489 e. The predicted molar refractivity (Wildman–Crippen MR) is 71.0 cm³/mol. The van der Waals surface area contributed by atoms with E-state index in [0.29, 0.717) is 22.6 Å². The Morgan fingerprint density at radius 1 is 1.26 bits per heavy atom. The molecule has 0 spiro atoms. The second-order valence-corrected chi connectivity index (χ2v) is 4.23. The van der Waals surface area contributed by atoms with Crippen LogP contribution in [-0.4, -0.2) is 0 Å². The molecule has 19 heavy (non-hydrogen) atoms. The summed E-state index contributed by atoms with van der Waals surface area (Å²) in [5, 5.41) is 8.95. The maximum absolute atomic E-state index is 13.2. The highest BCUT2D eigenvalue weighted by atomic mass is 19.1. The molecule has 2 aromatic rings.